The third-order valence-corrected chi connectivity index (χ3v) is 4.07. The molecule has 1 aromatic carbocycles. The van der Waals surface area contributed by atoms with Crippen LogP contribution in [0.3, 0.4) is 0 Å². The maximum atomic E-state index is 13.2. The lowest BCUT2D eigenvalue weighted by Gasteiger charge is -2.28. The van der Waals surface area contributed by atoms with E-state index in [1.807, 2.05) is 6.92 Å². The third-order valence-electron chi connectivity index (χ3n) is 4.07. The average molecular weight is 282 g/mol. The zero-order valence-corrected chi connectivity index (χ0v) is 11.8. The van der Waals surface area contributed by atoms with Crippen LogP contribution in [-0.2, 0) is 4.79 Å². The lowest BCUT2D eigenvalue weighted by atomic mass is 9.92. The lowest BCUT2D eigenvalue weighted by molar-refractivity contribution is -0.128. The molecule has 2 N–H and O–H groups in total. The Morgan fingerprint density at radius 3 is 2.75 bits per heavy atom. The van der Waals surface area contributed by atoms with E-state index < -0.39 is 17.2 Å². The summed E-state index contributed by atoms with van der Waals surface area (Å²) in [5, 5.41) is 6.14. The summed E-state index contributed by atoms with van der Waals surface area (Å²) >= 11 is 0. The fraction of sp³-hybridized carbons (Fsp3) is 0.533. The molecule has 1 aliphatic heterocycles. The van der Waals surface area contributed by atoms with Crippen molar-refractivity contribution >= 4 is 5.91 Å². The van der Waals surface area contributed by atoms with Crippen LogP contribution in [0.1, 0.15) is 44.7 Å². The van der Waals surface area contributed by atoms with Crippen molar-refractivity contribution in [2.45, 2.75) is 44.7 Å². The first-order valence-electron chi connectivity index (χ1n) is 6.99. The lowest BCUT2D eigenvalue weighted by Crippen LogP contribution is -2.53. The predicted octanol–water partition coefficient (Wildman–Crippen LogP) is 2.67. The number of carbonyl (C=O) groups is 1. The topological polar surface area (TPSA) is 41.1 Å². The molecular weight excluding hydrogens is 262 g/mol. The van der Waals surface area contributed by atoms with Gasteiger partial charge in [0.1, 0.15) is 0 Å². The Bertz CT molecular complexity index is 499. The van der Waals surface area contributed by atoms with Crippen molar-refractivity contribution < 1.29 is 13.6 Å². The number of rotatable bonds is 4. The Hall–Kier alpha value is -1.49. The van der Waals surface area contributed by atoms with Gasteiger partial charge < -0.3 is 10.6 Å². The van der Waals surface area contributed by atoms with Gasteiger partial charge in [-0.25, -0.2) is 8.78 Å². The van der Waals surface area contributed by atoms with Crippen LogP contribution in [0.25, 0.3) is 0 Å². The minimum atomic E-state index is -0.896. The molecule has 110 valence electrons. The van der Waals surface area contributed by atoms with Crippen molar-refractivity contribution in [2.75, 3.05) is 6.54 Å². The largest absolute Gasteiger partial charge is 0.348 e. The van der Waals surface area contributed by atoms with Gasteiger partial charge in [-0.3, -0.25) is 4.79 Å². The Balaban J connectivity index is 2.08. The zero-order valence-electron chi connectivity index (χ0n) is 11.8. The highest BCUT2D eigenvalue weighted by atomic mass is 19.2. The molecule has 0 radical (unpaired) electrons. The van der Waals surface area contributed by atoms with Crippen LogP contribution in [-0.4, -0.2) is 18.0 Å². The number of carbonyl (C=O) groups excluding carboxylic acids is 1. The molecule has 1 saturated heterocycles. The summed E-state index contributed by atoms with van der Waals surface area (Å²) in [6, 6.07) is 3.34. The molecule has 3 nitrogen and oxygen atoms in total. The molecule has 1 fully saturated rings. The number of nitrogens with one attached hydrogen (secondary N) is 2. The highest BCUT2D eigenvalue weighted by Gasteiger charge is 2.39. The summed E-state index contributed by atoms with van der Waals surface area (Å²) in [4.78, 5) is 12.4. The zero-order chi connectivity index (χ0) is 14.8. The predicted molar refractivity (Wildman–Crippen MR) is 73.2 cm³/mol. The highest BCUT2D eigenvalue weighted by Crippen LogP contribution is 2.25. The van der Waals surface area contributed by atoms with Crippen LogP contribution in [0.4, 0.5) is 8.78 Å². The maximum absolute atomic E-state index is 13.2. The van der Waals surface area contributed by atoms with E-state index in [0.29, 0.717) is 12.0 Å². The summed E-state index contributed by atoms with van der Waals surface area (Å²) < 4.78 is 26.1. The van der Waals surface area contributed by atoms with Gasteiger partial charge in [0.05, 0.1) is 11.6 Å². The minimum Gasteiger partial charge on any atom is -0.348 e. The van der Waals surface area contributed by atoms with Crippen LogP contribution >= 0.6 is 0 Å². The van der Waals surface area contributed by atoms with E-state index >= 15 is 0 Å². The van der Waals surface area contributed by atoms with Gasteiger partial charge >= 0.3 is 0 Å². The first-order chi connectivity index (χ1) is 9.48. The van der Waals surface area contributed by atoms with Crippen molar-refractivity contribution in [1.29, 1.82) is 0 Å². The second-order valence-electron chi connectivity index (χ2n) is 5.33. The van der Waals surface area contributed by atoms with Crippen LogP contribution < -0.4 is 10.6 Å². The molecule has 0 spiro atoms. The van der Waals surface area contributed by atoms with Gasteiger partial charge in [-0.1, -0.05) is 13.0 Å². The molecule has 2 atom stereocenters. The maximum Gasteiger partial charge on any atom is 0.240 e. The van der Waals surface area contributed by atoms with Crippen molar-refractivity contribution in [1.82, 2.24) is 10.6 Å². The van der Waals surface area contributed by atoms with Gasteiger partial charge in [-0.2, -0.15) is 0 Å². The Labute approximate surface area is 117 Å². The Morgan fingerprint density at radius 1 is 1.45 bits per heavy atom. The monoisotopic (exact) mass is 282 g/mol. The highest BCUT2D eigenvalue weighted by molar-refractivity contribution is 5.87. The van der Waals surface area contributed by atoms with E-state index in [0.717, 1.165) is 31.5 Å². The van der Waals surface area contributed by atoms with Crippen molar-refractivity contribution in [3.05, 3.63) is 35.4 Å². The molecular formula is C15H20F2N2O. The molecule has 1 amide bonds. The van der Waals surface area contributed by atoms with Crippen LogP contribution in [0.2, 0.25) is 0 Å². The molecule has 2 unspecified atom stereocenters. The second kappa shape index (κ2) is 5.87. The number of hydrogen-bond donors (Lipinski definition) is 2. The Kier molecular flexibility index (Phi) is 4.38. The standard InChI is InChI=1S/C15H20F2N2O/c1-3-15(7-4-8-18-15)14(20)19-10(2)11-5-6-12(16)13(17)9-11/h5-6,9-10,18H,3-4,7-8H2,1-2H3,(H,19,20). The molecule has 1 aliphatic rings. The quantitative estimate of drug-likeness (QED) is 0.891. The van der Waals surface area contributed by atoms with Gasteiger partial charge in [0, 0.05) is 0 Å². The Morgan fingerprint density at radius 2 is 2.20 bits per heavy atom. The molecule has 1 aromatic rings. The third kappa shape index (κ3) is 2.82. The van der Waals surface area contributed by atoms with E-state index in [1.54, 1.807) is 6.92 Å². The molecule has 0 saturated carbocycles. The van der Waals surface area contributed by atoms with Gasteiger partial charge in [0.2, 0.25) is 5.91 Å². The van der Waals surface area contributed by atoms with Gasteiger partial charge in [0.15, 0.2) is 11.6 Å². The van der Waals surface area contributed by atoms with E-state index in [2.05, 4.69) is 10.6 Å². The summed E-state index contributed by atoms with van der Waals surface area (Å²) in [5.41, 5.74) is 0.0359. The first kappa shape index (κ1) is 14.9. The second-order valence-corrected chi connectivity index (χ2v) is 5.33. The normalized spacial score (nSPS) is 23.6. The van der Waals surface area contributed by atoms with E-state index in [9.17, 15) is 13.6 Å². The number of hydrogen-bond acceptors (Lipinski definition) is 2. The van der Waals surface area contributed by atoms with Crippen LogP contribution in [0, 0.1) is 11.6 Å². The fourth-order valence-corrected chi connectivity index (χ4v) is 2.66. The molecule has 0 aromatic heterocycles. The molecule has 0 bridgehead atoms. The van der Waals surface area contributed by atoms with Crippen molar-refractivity contribution in [3.8, 4) is 0 Å². The van der Waals surface area contributed by atoms with Crippen LogP contribution in [0.15, 0.2) is 18.2 Å². The summed E-state index contributed by atoms with van der Waals surface area (Å²) in [5.74, 6) is -1.85. The number of benzene rings is 1. The van der Waals surface area contributed by atoms with Crippen LogP contribution in [0.5, 0.6) is 0 Å². The van der Waals surface area contributed by atoms with E-state index in [-0.39, 0.29) is 11.9 Å². The molecule has 20 heavy (non-hydrogen) atoms. The fourth-order valence-electron chi connectivity index (χ4n) is 2.66. The molecule has 5 heteroatoms. The van der Waals surface area contributed by atoms with E-state index in [1.165, 1.54) is 6.07 Å². The summed E-state index contributed by atoms with van der Waals surface area (Å²) in [6.45, 7) is 4.57. The van der Waals surface area contributed by atoms with Gasteiger partial charge in [0.25, 0.3) is 0 Å². The van der Waals surface area contributed by atoms with Gasteiger partial charge in [-0.05, 0) is 50.4 Å². The number of amides is 1. The van der Waals surface area contributed by atoms with Gasteiger partial charge in [-0.15, -0.1) is 0 Å². The smallest absolute Gasteiger partial charge is 0.240 e. The van der Waals surface area contributed by atoms with E-state index in [4.69, 9.17) is 0 Å². The SMILES string of the molecule is CCC1(C(=O)NC(C)c2ccc(F)c(F)c2)CCCN1. The molecule has 1 heterocycles. The molecule has 2 rings (SSSR count). The average Bonchev–Trinajstić information content (AvgIpc) is 2.91. The summed E-state index contributed by atoms with van der Waals surface area (Å²) in [6.07, 6.45) is 2.49. The minimum absolute atomic E-state index is 0.0743. The first-order valence-corrected chi connectivity index (χ1v) is 6.99. The van der Waals surface area contributed by atoms with Crippen molar-refractivity contribution in [3.63, 3.8) is 0 Å². The number of halogens is 2. The van der Waals surface area contributed by atoms with Crippen molar-refractivity contribution in [2.24, 2.45) is 0 Å². The molecule has 0 aliphatic carbocycles. The summed E-state index contributed by atoms with van der Waals surface area (Å²) in [7, 11) is 0.